The van der Waals surface area contributed by atoms with Crippen molar-refractivity contribution in [2.75, 3.05) is 0 Å². The van der Waals surface area contributed by atoms with Crippen LogP contribution in [0.25, 0.3) is 6.08 Å². The summed E-state index contributed by atoms with van der Waals surface area (Å²) in [6, 6.07) is 3.52. The van der Waals surface area contributed by atoms with Crippen LogP contribution in [0.2, 0.25) is 0 Å². The molecule has 0 saturated carbocycles. The lowest BCUT2D eigenvalue weighted by Crippen LogP contribution is -2.25. The highest BCUT2D eigenvalue weighted by Gasteiger charge is 2.14. The quantitative estimate of drug-likeness (QED) is 0.807. The Kier molecular flexibility index (Phi) is 3.72. The number of halogens is 1. The van der Waals surface area contributed by atoms with Crippen molar-refractivity contribution >= 4 is 17.7 Å². The Labute approximate surface area is 107 Å². The van der Waals surface area contributed by atoms with Crippen LogP contribution >= 0.6 is 11.6 Å². The Bertz CT molecular complexity index is 499. The van der Waals surface area contributed by atoms with Crippen LogP contribution in [0.5, 0.6) is 0 Å². The Morgan fingerprint density at radius 1 is 1.35 bits per heavy atom. The number of allylic oxidation sites excluding steroid dienone is 1. The van der Waals surface area contributed by atoms with Gasteiger partial charge in [0.15, 0.2) is 0 Å². The van der Waals surface area contributed by atoms with Gasteiger partial charge in [-0.25, -0.2) is 0 Å². The van der Waals surface area contributed by atoms with E-state index in [4.69, 9.17) is 11.6 Å². The van der Waals surface area contributed by atoms with E-state index in [2.05, 4.69) is 13.8 Å². The van der Waals surface area contributed by atoms with E-state index >= 15 is 0 Å². The minimum atomic E-state index is 0.107. The summed E-state index contributed by atoms with van der Waals surface area (Å²) in [5.74, 6) is 0.612. The van der Waals surface area contributed by atoms with E-state index < -0.39 is 0 Å². The number of hydrogen-bond acceptors (Lipinski definition) is 1. The van der Waals surface area contributed by atoms with E-state index in [-0.39, 0.29) is 5.56 Å². The van der Waals surface area contributed by atoms with Gasteiger partial charge < -0.3 is 4.57 Å². The summed E-state index contributed by atoms with van der Waals surface area (Å²) in [5.41, 5.74) is 2.35. The molecule has 0 saturated heterocycles. The summed E-state index contributed by atoms with van der Waals surface area (Å²) in [5, 5.41) is 0.881. The maximum absolute atomic E-state index is 11.9. The lowest BCUT2D eigenvalue weighted by molar-refractivity contribution is 0.495. The molecule has 1 aliphatic rings. The van der Waals surface area contributed by atoms with Crippen molar-refractivity contribution in [2.24, 2.45) is 5.92 Å². The summed E-state index contributed by atoms with van der Waals surface area (Å²) in [6.07, 6.45) is 4.73. The molecule has 0 atom stereocenters. The third-order valence-corrected chi connectivity index (χ3v) is 3.47. The molecule has 0 radical (unpaired) electrons. The highest BCUT2D eigenvalue weighted by molar-refractivity contribution is 6.31. The number of hydrogen-bond donors (Lipinski definition) is 0. The molecule has 0 bridgehead atoms. The zero-order valence-electron chi connectivity index (χ0n) is 10.4. The summed E-state index contributed by atoms with van der Waals surface area (Å²) in [7, 11) is 0. The van der Waals surface area contributed by atoms with Crippen LogP contribution in [0, 0.1) is 5.92 Å². The van der Waals surface area contributed by atoms with Crippen LogP contribution in [-0.4, -0.2) is 4.57 Å². The van der Waals surface area contributed by atoms with Crippen LogP contribution in [0.1, 0.15) is 37.9 Å². The number of rotatable bonds is 3. The van der Waals surface area contributed by atoms with E-state index in [1.807, 2.05) is 16.7 Å². The minimum absolute atomic E-state index is 0.107. The molecule has 2 rings (SSSR count). The molecule has 0 spiro atoms. The Balaban J connectivity index is 2.38. The van der Waals surface area contributed by atoms with Gasteiger partial charge in [-0.05, 0) is 42.9 Å². The van der Waals surface area contributed by atoms with Crippen molar-refractivity contribution in [3.63, 3.8) is 0 Å². The zero-order valence-corrected chi connectivity index (χ0v) is 11.1. The first-order valence-corrected chi connectivity index (χ1v) is 6.54. The molecule has 0 fully saturated rings. The van der Waals surface area contributed by atoms with Crippen molar-refractivity contribution in [1.82, 2.24) is 4.57 Å². The molecule has 0 unspecified atom stereocenters. The molecule has 1 aromatic heterocycles. The maximum atomic E-state index is 11.9. The van der Waals surface area contributed by atoms with E-state index in [0.29, 0.717) is 5.92 Å². The van der Waals surface area contributed by atoms with Gasteiger partial charge in [-0.3, -0.25) is 4.79 Å². The van der Waals surface area contributed by atoms with Crippen molar-refractivity contribution in [2.45, 2.75) is 39.7 Å². The van der Waals surface area contributed by atoms with Crippen LogP contribution in [0.15, 0.2) is 22.0 Å². The molecular formula is C14H18ClNO. The predicted molar refractivity (Wildman–Crippen MR) is 72.3 cm³/mol. The van der Waals surface area contributed by atoms with E-state index in [1.165, 1.54) is 0 Å². The fourth-order valence-electron chi connectivity index (χ4n) is 2.16. The van der Waals surface area contributed by atoms with E-state index in [9.17, 15) is 4.79 Å². The van der Waals surface area contributed by atoms with Crippen LogP contribution in [-0.2, 0) is 13.0 Å². The second kappa shape index (κ2) is 5.09. The van der Waals surface area contributed by atoms with Crippen LogP contribution in [0.3, 0.4) is 0 Å². The van der Waals surface area contributed by atoms with Gasteiger partial charge in [0.1, 0.15) is 0 Å². The van der Waals surface area contributed by atoms with Gasteiger partial charge in [0.2, 0.25) is 0 Å². The largest absolute Gasteiger partial charge is 0.312 e. The Morgan fingerprint density at radius 2 is 2.12 bits per heavy atom. The van der Waals surface area contributed by atoms with Gasteiger partial charge >= 0.3 is 0 Å². The van der Waals surface area contributed by atoms with Gasteiger partial charge in [-0.2, -0.15) is 0 Å². The monoisotopic (exact) mass is 251 g/mol. The molecular weight excluding hydrogens is 234 g/mol. The molecule has 0 aromatic carbocycles. The topological polar surface area (TPSA) is 22.0 Å². The van der Waals surface area contributed by atoms with Crippen molar-refractivity contribution < 1.29 is 0 Å². The Morgan fingerprint density at radius 3 is 2.82 bits per heavy atom. The molecule has 0 N–H and O–H groups in total. The van der Waals surface area contributed by atoms with Crippen LogP contribution in [0.4, 0.5) is 0 Å². The standard InChI is InChI=1S/C14H18ClNO/c1-10(2)7-8-16-13-5-4-12(15)9-11(13)3-6-14(16)17/h3,6,9-10H,4-5,7-8H2,1-2H3. The average molecular weight is 252 g/mol. The summed E-state index contributed by atoms with van der Waals surface area (Å²) in [4.78, 5) is 11.9. The SMILES string of the molecule is CC(C)CCn1c2c(ccc1=O)C=C(Cl)CC2. The van der Waals surface area contributed by atoms with Gasteiger partial charge in [0.25, 0.3) is 5.56 Å². The fourth-order valence-corrected chi connectivity index (χ4v) is 2.37. The first kappa shape index (κ1) is 12.4. The first-order valence-electron chi connectivity index (χ1n) is 6.16. The van der Waals surface area contributed by atoms with Gasteiger partial charge in [0.05, 0.1) is 0 Å². The van der Waals surface area contributed by atoms with Crippen LogP contribution < -0.4 is 5.56 Å². The molecule has 0 aliphatic heterocycles. The lowest BCUT2D eigenvalue weighted by Gasteiger charge is -2.19. The summed E-state index contributed by atoms with van der Waals surface area (Å²) in [6.45, 7) is 5.17. The number of pyridine rings is 1. The van der Waals surface area contributed by atoms with E-state index in [0.717, 1.165) is 42.1 Å². The molecule has 17 heavy (non-hydrogen) atoms. The number of nitrogens with zero attached hydrogens (tertiary/aromatic N) is 1. The molecule has 3 heteroatoms. The molecule has 1 aromatic rings. The van der Waals surface area contributed by atoms with Crippen molar-refractivity contribution in [3.05, 3.63) is 38.8 Å². The second-order valence-corrected chi connectivity index (χ2v) is 5.48. The van der Waals surface area contributed by atoms with Crippen molar-refractivity contribution in [3.8, 4) is 0 Å². The number of aromatic nitrogens is 1. The Hall–Kier alpha value is -1.02. The average Bonchev–Trinajstić information content (AvgIpc) is 2.27. The lowest BCUT2D eigenvalue weighted by atomic mass is 10.0. The highest BCUT2D eigenvalue weighted by atomic mass is 35.5. The van der Waals surface area contributed by atoms with E-state index in [1.54, 1.807) is 6.07 Å². The predicted octanol–water partition coefficient (Wildman–Crippen LogP) is 3.42. The normalized spacial score (nSPS) is 14.7. The maximum Gasteiger partial charge on any atom is 0.250 e. The van der Waals surface area contributed by atoms with Crippen molar-refractivity contribution in [1.29, 1.82) is 0 Å². The summed E-state index contributed by atoms with van der Waals surface area (Å²) < 4.78 is 1.91. The molecule has 0 amide bonds. The second-order valence-electron chi connectivity index (χ2n) is 5.00. The minimum Gasteiger partial charge on any atom is -0.312 e. The zero-order chi connectivity index (χ0) is 12.4. The van der Waals surface area contributed by atoms with Gasteiger partial charge in [0, 0.05) is 23.3 Å². The summed E-state index contributed by atoms with van der Waals surface area (Å²) >= 11 is 6.04. The molecule has 1 heterocycles. The third kappa shape index (κ3) is 2.81. The highest BCUT2D eigenvalue weighted by Crippen LogP contribution is 2.25. The molecule has 2 nitrogen and oxygen atoms in total. The van der Waals surface area contributed by atoms with Gasteiger partial charge in [-0.1, -0.05) is 25.4 Å². The molecule has 92 valence electrons. The first-order chi connectivity index (χ1) is 8.08. The third-order valence-electron chi connectivity index (χ3n) is 3.17. The smallest absolute Gasteiger partial charge is 0.250 e. The molecule has 1 aliphatic carbocycles. The number of fused-ring (bicyclic) bond motifs is 1. The van der Waals surface area contributed by atoms with Gasteiger partial charge in [-0.15, -0.1) is 0 Å². The fraction of sp³-hybridized carbons (Fsp3) is 0.500.